The van der Waals surface area contributed by atoms with Crippen molar-refractivity contribution < 1.29 is 10.2 Å². The van der Waals surface area contributed by atoms with E-state index in [9.17, 15) is 0 Å². The van der Waals surface area contributed by atoms with Crippen LogP contribution in [0.1, 0.15) is 25.7 Å². The Balaban J connectivity index is 2.52. The molecule has 0 radical (unpaired) electrons. The molecule has 11 heavy (non-hydrogen) atoms. The Bertz CT molecular complexity index is 136. The average Bonchev–Trinajstić information content (AvgIpc) is 2.07. The predicted octanol–water partition coefficient (Wildman–Crippen LogP) is 1.09. The topological polar surface area (TPSA) is 40.5 Å². The standard InChI is InChI=1S/C9H16O2/c1-8-2-4-9(6-10,7-11)5-3-8/h10-11H,1-7H2. The summed E-state index contributed by atoms with van der Waals surface area (Å²) in [7, 11) is 0. The zero-order valence-electron chi connectivity index (χ0n) is 6.84. The van der Waals surface area contributed by atoms with Gasteiger partial charge in [0, 0.05) is 5.41 Å². The van der Waals surface area contributed by atoms with E-state index in [-0.39, 0.29) is 18.6 Å². The first-order chi connectivity index (χ1) is 5.22. The lowest BCUT2D eigenvalue weighted by Gasteiger charge is -2.34. The van der Waals surface area contributed by atoms with E-state index in [1.807, 2.05) is 0 Å². The number of allylic oxidation sites excluding steroid dienone is 1. The summed E-state index contributed by atoms with van der Waals surface area (Å²) >= 11 is 0. The number of hydrogen-bond donors (Lipinski definition) is 2. The maximum atomic E-state index is 9.04. The Kier molecular flexibility index (Phi) is 2.68. The summed E-state index contributed by atoms with van der Waals surface area (Å²) in [5.74, 6) is 0. The molecule has 0 amide bonds. The van der Waals surface area contributed by atoms with Crippen LogP contribution in [0.5, 0.6) is 0 Å². The largest absolute Gasteiger partial charge is 0.396 e. The molecule has 0 spiro atoms. The van der Waals surface area contributed by atoms with Crippen molar-refractivity contribution in [2.24, 2.45) is 5.41 Å². The molecule has 1 aliphatic rings. The van der Waals surface area contributed by atoms with Crippen LogP contribution in [0.3, 0.4) is 0 Å². The fourth-order valence-electron chi connectivity index (χ4n) is 1.50. The summed E-state index contributed by atoms with van der Waals surface area (Å²) in [6, 6.07) is 0. The van der Waals surface area contributed by atoms with Crippen LogP contribution in [0, 0.1) is 5.41 Å². The van der Waals surface area contributed by atoms with Crippen molar-refractivity contribution in [3.8, 4) is 0 Å². The minimum absolute atomic E-state index is 0.108. The Labute approximate surface area is 67.6 Å². The second-order valence-corrected chi connectivity index (χ2v) is 3.57. The lowest BCUT2D eigenvalue weighted by molar-refractivity contribution is 0.0322. The van der Waals surface area contributed by atoms with E-state index < -0.39 is 0 Å². The molecular formula is C9H16O2. The normalized spacial score (nSPS) is 23.6. The lowest BCUT2D eigenvalue weighted by Crippen LogP contribution is -2.32. The van der Waals surface area contributed by atoms with Crippen LogP contribution >= 0.6 is 0 Å². The second kappa shape index (κ2) is 3.37. The summed E-state index contributed by atoms with van der Waals surface area (Å²) in [4.78, 5) is 0. The van der Waals surface area contributed by atoms with Crippen molar-refractivity contribution in [2.45, 2.75) is 25.7 Å². The van der Waals surface area contributed by atoms with Gasteiger partial charge in [-0.05, 0) is 25.7 Å². The van der Waals surface area contributed by atoms with Gasteiger partial charge in [0.1, 0.15) is 0 Å². The molecule has 1 saturated carbocycles. The minimum Gasteiger partial charge on any atom is -0.396 e. The van der Waals surface area contributed by atoms with Crippen molar-refractivity contribution in [1.82, 2.24) is 0 Å². The molecule has 1 aliphatic carbocycles. The van der Waals surface area contributed by atoms with Gasteiger partial charge in [-0.2, -0.15) is 0 Å². The summed E-state index contributed by atoms with van der Waals surface area (Å²) in [6.45, 7) is 4.10. The Morgan fingerprint density at radius 3 is 2.00 bits per heavy atom. The molecule has 0 aliphatic heterocycles. The summed E-state index contributed by atoms with van der Waals surface area (Å²) in [5.41, 5.74) is 1.05. The van der Waals surface area contributed by atoms with E-state index in [1.165, 1.54) is 5.57 Å². The zero-order chi connectivity index (χ0) is 8.32. The van der Waals surface area contributed by atoms with Gasteiger partial charge in [-0.15, -0.1) is 0 Å². The Hall–Kier alpha value is -0.340. The molecule has 64 valence electrons. The molecule has 0 aromatic heterocycles. The third-order valence-corrected chi connectivity index (χ3v) is 2.69. The third-order valence-electron chi connectivity index (χ3n) is 2.69. The van der Waals surface area contributed by atoms with Crippen molar-refractivity contribution in [3.05, 3.63) is 12.2 Å². The fraction of sp³-hybridized carbons (Fsp3) is 0.778. The van der Waals surface area contributed by atoms with E-state index in [0.29, 0.717) is 0 Å². The monoisotopic (exact) mass is 156 g/mol. The van der Waals surface area contributed by atoms with Crippen molar-refractivity contribution >= 4 is 0 Å². The zero-order valence-corrected chi connectivity index (χ0v) is 6.84. The Morgan fingerprint density at radius 1 is 1.18 bits per heavy atom. The van der Waals surface area contributed by atoms with Crippen LogP contribution in [0.25, 0.3) is 0 Å². The quantitative estimate of drug-likeness (QED) is 0.587. The van der Waals surface area contributed by atoms with Gasteiger partial charge in [0.05, 0.1) is 13.2 Å². The number of aliphatic hydroxyl groups excluding tert-OH is 2. The van der Waals surface area contributed by atoms with Crippen molar-refractivity contribution in [1.29, 1.82) is 0 Å². The number of rotatable bonds is 2. The van der Waals surface area contributed by atoms with Gasteiger partial charge in [-0.3, -0.25) is 0 Å². The second-order valence-electron chi connectivity index (χ2n) is 3.57. The van der Waals surface area contributed by atoms with Crippen molar-refractivity contribution in [2.75, 3.05) is 13.2 Å². The fourth-order valence-corrected chi connectivity index (χ4v) is 1.50. The van der Waals surface area contributed by atoms with Crippen LogP contribution in [-0.2, 0) is 0 Å². The smallest absolute Gasteiger partial charge is 0.0509 e. The molecule has 0 saturated heterocycles. The van der Waals surface area contributed by atoms with Gasteiger partial charge >= 0.3 is 0 Å². The van der Waals surface area contributed by atoms with Crippen LogP contribution in [0.2, 0.25) is 0 Å². The van der Waals surface area contributed by atoms with Crippen LogP contribution in [-0.4, -0.2) is 23.4 Å². The van der Waals surface area contributed by atoms with Gasteiger partial charge in [-0.25, -0.2) is 0 Å². The van der Waals surface area contributed by atoms with Gasteiger partial charge in [0.25, 0.3) is 0 Å². The molecule has 1 rings (SSSR count). The molecule has 2 nitrogen and oxygen atoms in total. The first-order valence-electron chi connectivity index (χ1n) is 4.11. The molecular weight excluding hydrogens is 140 g/mol. The third kappa shape index (κ3) is 1.82. The van der Waals surface area contributed by atoms with Gasteiger partial charge in [0.15, 0.2) is 0 Å². The molecule has 0 bridgehead atoms. The summed E-state index contributed by atoms with van der Waals surface area (Å²) < 4.78 is 0. The van der Waals surface area contributed by atoms with Gasteiger partial charge < -0.3 is 10.2 Å². The molecule has 2 N–H and O–H groups in total. The SMILES string of the molecule is C=C1CCC(CO)(CO)CC1. The molecule has 2 heteroatoms. The van der Waals surface area contributed by atoms with E-state index >= 15 is 0 Å². The molecule has 0 atom stereocenters. The summed E-state index contributed by atoms with van der Waals surface area (Å²) in [5, 5.41) is 18.1. The van der Waals surface area contributed by atoms with Crippen LogP contribution in [0.4, 0.5) is 0 Å². The molecule has 0 unspecified atom stereocenters. The Morgan fingerprint density at radius 2 is 1.64 bits per heavy atom. The van der Waals surface area contributed by atoms with Crippen molar-refractivity contribution in [3.63, 3.8) is 0 Å². The van der Waals surface area contributed by atoms with Gasteiger partial charge in [-0.1, -0.05) is 12.2 Å². The highest BCUT2D eigenvalue weighted by Crippen LogP contribution is 2.37. The highest BCUT2D eigenvalue weighted by molar-refractivity contribution is 5.02. The maximum absolute atomic E-state index is 9.04. The molecule has 0 aromatic carbocycles. The maximum Gasteiger partial charge on any atom is 0.0509 e. The molecule has 0 heterocycles. The average molecular weight is 156 g/mol. The van der Waals surface area contributed by atoms with Crippen LogP contribution < -0.4 is 0 Å². The van der Waals surface area contributed by atoms with E-state index in [0.717, 1.165) is 25.7 Å². The van der Waals surface area contributed by atoms with E-state index in [2.05, 4.69) is 6.58 Å². The van der Waals surface area contributed by atoms with Crippen LogP contribution in [0.15, 0.2) is 12.2 Å². The highest BCUT2D eigenvalue weighted by atomic mass is 16.3. The summed E-state index contributed by atoms with van der Waals surface area (Å²) in [6.07, 6.45) is 3.69. The molecule has 1 fully saturated rings. The first kappa shape index (κ1) is 8.75. The molecule has 0 aromatic rings. The lowest BCUT2D eigenvalue weighted by atomic mass is 9.74. The number of aliphatic hydroxyl groups is 2. The first-order valence-corrected chi connectivity index (χ1v) is 4.11. The van der Waals surface area contributed by atoms with E-state index in [4.69, 9.17) is 10.2 Å². The minimum atomic E-state index is -0.207. The predicted molar refractivity (Wildman–Crippen MR) is 44.2 cm³/mol. The van der Waals surface area contributed by atoms with Gasteiger partial charge in [0.2, 0.25) is 0 Å². The van der Waals surface area contributed by atoms with E-state index in [1.54, 1.807) is 0 Å². The highest BCUT2D eigenvalue weighted by Gasteiger charge is 2.31. The number of hydrogen-bond acceptors (Lipinski definition) is 2.